The molecule has 4 rings (SSSR count). The van der Waals surface area contributed by atoms with Gasteiger partial charge in [0.15, 0.2) is 5.78 Å². The molecule has 1 aromatic carbocycles. The van der Waals surface area contributed by atoms with Gasteiger partial charge in [0.2, 0.25) is 5.91 Å². The number of amides is 1. The van der Waals surface area contributed by atoms with E-state index < -0.39 is 0 Å². The molecule has 1 saturated heterocycles. The lowest BCUT2D eigenvalue weighted by Crippen LogP contribution is -2.41. The molecule has 1 unspecified atom stereocenters. The highest BCUT2D eigenvalue weighted by Gasteiger charge is 2.29. The van der Waals surface area contributed by atoms with Crippen molar-refractivity contribution >= 4 is 22.6 Å². The molecule has 0 saturated carbocycles. The minimum absolute atomic E-state index is 0.0210. The molecule has 0 spiro atoms. The number of ketones is 1. The highest BCUT2D eigenvalue weighted by molar-refractivity contribution is 6.07. The number of piperidine rings is 1. The number of aromatic amines is 2. The fourth-order valence-corrected chi connectivity index (χ4v) is 3.88. The fraction of sp³-hybridized carbons (Fsp3) is 0.350. The molecule has 1 aliphatic heterocycles. The maximum absolute atomic E-state index is 12.9. The van der Waals surface area contributed by atoms with Gasteiger partial charge in [-0.25, -0.2) is 9.97 Å². The molecular formula is C20H23N4O2+. The van der Waals surface area contributed by atoms with E-state index in [4.69, 9.17) is 0 Å². The van der Waals surface area contributed by atoms with E-state index in [1.165, 1.54) is 0 Å². The van der Waals surface area contributed by atoms with Gasteiger partial charge in [0.05, 0.1) is 5.92 Å². The van der Waals surface area contributed by atoms with Crippen LogP contribution in [0.3, 0.4) is 0 Å². The molecule has 1 fully saturated rings. The number of hydrogen-bond acceptors (Lipinski definition) is 2. The highest BCUT2D eigenvalue weighted by atomic mass is 16.2. The van der Waals surface area contributed by atoms with Gasteiger partial charge in [-0.3, -0.25) is 9.59 Å². The van der Waals surface area contributed by atoms with E-state index in [2.05, 4.69) is 9.97 Å². The topological polar surface area (TPSA) is 72.2 Å². The van der Waals surface area contributed by atoms with Crippen molar-refractivity contribution in [3.63, 3.8) is 0 Å². The Labute approximate surface area is 151 Å². The van der Waals surface area contributed by atoms with E-state index in [0.717, 1.165) is 36.1 Å². The van der Waals surface area contributed by atoms with Crippen molar-refractivity contribution in [2.24, 2.45) is 0 Å². The number of para-hydroxylation sites is 1. The first-order valence-corrected chi connectivity index (χ1v) is 9.05. The number of nitrogens with one attached hydrogen (secondary N) is 2. The monoisotopic (exact) mass is 351 g/mol. The standard InChI is InChI=1S/C20H22N4O2/c1-14(25)17-12-24(18-7-3-2-6-16(17)18)13-19(26)23-10-4-5-15(11-23)20-21-8-9-22-20/h2-3,6-9,12,15H,4-5,10-11,13H2,1H3,(H,21,22)/p+1. The number of carbonyl (C=O) groups excluding carboxylic acids is 2. The zero-order valence-corrected chi connectivity index (χ0v) is 14.9. The van der Waals surface area contributed by atoms with E-state index in [9.17, 15) is 9.59 Å². The summed E-state index contributed by atoms with van der Waals surface area (Å²) in [6.45, 7) is 3.33. The second-order valence-corrected chi connectivity index (χ2v) is 6.96. The van der Waals surface area contributed by atoms with Crippen molar-refractivity contribution in [2.45, 2.75) is 32.2 Å². The lowest BCUT2D eigenvalue weighted by Gasteiger charge is -2.30. The van der Waals surface area contributed by atoms with E-state index >= 15 is 0 Å². The Morgan fingerprint density at radius 2 is 2.15 bits per heavy atom. The normalized spacial score (nSPS) is 17.6. The summed E-state index contributed by atoms with van der Waals surface area (Å²) in [5.74, 6) is 1.51. The summed E-state index contributed by atoms with van der Waals surface area (Å²) in [4.78, 5) is 33.2. The first kappa shape index (κ1) is 16.6. The average molecular weight is 351 g/mol. The number of imidazole rings is 1. The Hall–Kier alpha value is -2.89. The first-order chi connectivity index (χ1) is 12.6. The van der Waals surface area contributed by atoms with Crippen LogP contribution >= 0.6 is 0 Å². The second kappa shape index (κ2) is 6.78. The van der Waals surface area contributed by atoms with Gasteiger partial charge in [0, 0.05) is 35.8 Å². The van der Waals surface area contributed by atoms with Crippen LogP contribution in [0.5, 0.6) is 0 Å². The van der Waals surface area contributed by atoms with Crippen LogP contribution in [-0.4, -0.2) is 39.2 Å². The molecule has 0 bridgehead atoms. The Morgan fingerprint density at radius 1 is 1.31 bits per heavy atom. The number of fused-ring (bicyclic) bond motifs is 1. The SMILES string of the molecule is CC(=O)c1cn(CC(=O)N2CCCC(c3[nH]cc[nH+]3)C2)c2ccccc12. The van der Waals surface area contributed by atoms with Crippen LogP contribution in [-0.2, 0) is 11.3 Å². The fourth-order valence-electron chi connectivity index (χ4n) is 3.88. The van der Waals surface area contributed by atoms with Gasteiger partial charge < -0.3 is 9.47 Å². The molecule has 0 radical (unpaired) electrons. The highest BCUT2D eigenvalue weighted by Crippen LogP contribution is 2.25. The number of likely N-dealkylation sites (tertiary alicyclic amines) is 1. The second-order valence-electron chi connectivity index (χ2n) is 6.96. The average Bonchev–Trinajstić information content (AvgIpc) is 3.30. The summed E-state index contributed by atoms with van der Waals surface area (Å²) in [6, 6.07) is 7.75. The quantitative estimate of drug-likeness (QED) is 0.733. The molecule has 134 valence electrons. The zero-order chi connectivity index (χ0) is 18.1. The predicted octanol–water partition coefficient (Wildman–Crippen LogP) is 2.39. The summed E-state index contributed by atoms with van der Waals surface area (Å²) < 4.78 is 1.90. The summed E-state index contributed by atoms with van der Waals surface area (Å²) in [5.41, 5.74) is 1.60. The van der Waals surface area contributed by atoms with Gasteiger partial charge >= 0.3 is 0 Å². The van der Waals surface area contributed by atoms with E-state index in [1.807, 2.05) is 52.3 Å². The van der Waals surface area contributed by atoms with Gasteiger partial charge in [-0.15, -0.1) is 0 Å². The van der Waals surface area contributed by atoms with Crippen LogP contribution < -0.4 is 4.98 Å². The number of hydrogen-bond donors (Lipinski definition) is 1. The number of Topliss-reactive ketones (excluding diaryl/α,β-unsaturated/α-hetero) is 1. The van der Waals surface area contributed by atoms with Crippen molar-refractivity contribution in [1.82, 2.24) is 14.5 Å². The third-order valence-electron chi connectivity index (χ3n) is 5.22. The molecule has 26 heavy (non-hydrogen) atoms. The van der Waals surface area contributed by atoms with Crippen LogP contribution in [0.25, 0.3) is 10.9 Å². The van der Waals surface area contributed by atoms with Crippen LogP contribution in [0.1, 0.15) is 41.9 Å². The van der Waals surface area contributed by atoms with E-state index in [0.29, 0.717) is 18.0 Å². The maximum Gasteiger partial charge on any atom is 0.256 e. The summed E-state index contributed by atoms with van der Waals surface area (Å²) in [5, 5.41) is 0.908. The largest absolute Gasteiger partial charge is 0.340 e. The summed E-state index contributed by atoms with van der Waals surface area (Å²) in [7, 11) is 0. The van der Waals surface area contributed by atoms with Gasteiger partial charge in [-0.05, 0) is 25.8 Å². The van der Waals surface area contributed by atoms with Crippen LogP contribution in [0.4, 0.5) is 0 Å². The minimum atomic E-state index is 0.0210. The van der Waals surface area contributed by atoms with Crippen molar-refractivity contribution in [2.75, 3.05) is 13.1 Å². The molecule has 6 heteroatoms. The zero-order valence-electron chi connectivity index (χ0n) is 14.9. The molecule has 3 aromatic rings. The number of nitrogens with zero attached hydrogens (tertiary/aromatic N) is 2. The Bertz CT molecular complexity index is 942. The Kier molecular flexibility index (Phi) is 4.32. The number of rotatable bonds is 4. The van der Waals surface area contributed by atoms with Crippen LogP contribution in [0, 0.1) is 0 Å². The number of H-pyrrole nitrogens is 2. The van der Waals surface area contributed by atoms with Crippen molar-refractivity contribution in [3.8, 4) is 0 Å². The van der Waals surface area contributed by atoms with Crippen molar-refractivity contribution in [3.05, 3.63) is 54.2 Å². The number of carbonyl (C=O) groups is 2. The number of aromatic nitrogens is 3. The molecular weight excluding hydrogens is 328 g/mol. The minimum Gasteiger partial charge on any atom is -0.340 e. The Balaban J connectivity index is 1.55. The van der Waals surface area contributed by atoms with E-state index in [-0.39, 0.29) is 18.2 Å². The molecule has 2 aromatic heterocycles. The number of benzene rings is 1. The molecule has 2 N–H and O–H groups in total. The predicted molar refractivity (Wildman–Crippen MR) is 97.8 cm³/mol. The molecule has 1 aliphatic rings. The van der Waals surface area contributed by atoms with Crippen LogP contribution in [0.2, 0.25) is 0 Å². The van der Waals surface area contributed by atoms with Gasteiger partial charge in [-0.1, -0.05) is 18.2 Å². The molecule has 0 aliphatic carbocycles. The molecule has 6 nitrogen and oxygen atoms in total. The Morgan fingerprint density at radius 3 is 2.92 bits per heavy atom. The lowest BCUT2D eigenvalue weighted by atomic mass is 9.97. The van der Waals surface area contributed by atoms with Crippen LogP contribution in [0.15, 0.2) is 42.9 Å². The van der Waals surface area contributed by atoms with Crippen molar-refractivity contribution in [1.29, 1.82) is 0 Å². The molecule has 1 amide bonds. The van der Waals surface area contributed by atoms with Gasteiger partial charge in [0.25, 0.3) is 5.82 Å². The summed E-state index contributed by atoms with van der Waals surface area (Å²) in [6.07, 6.45) is 7.64. The molecule has 1 atom stereocenters. The summed E-state index contributed by atoms with van der Waals surface area (Å²) >= 11 is 0. The van der Waals surface area contributed by atoms with Gasteiger partial charge in [-0.2, -0.15) is 0 Å². The third-order valence-corrected chi connectivity index (χ3v) is 5.22. The van der Waals surface area contributed by atoms with Gasteiger partial charge in [0.1, 0.15) is 18.9 Å². The van der Waals surface area contributed by atoms with Crippen molar-refractivity contribution < 1.29 is 14.6 Å². The third kappa shape index (κ3) is 3.03. The lowest BCUT2D eigenvalue weighted by molar-refractivity contribution is -0.391. The van der Waals surface area contributed by atoms with E-state index in [1.54, 1.807) is 6.92 Å². The molecule has 3 heterocycles. The smallest absolute Gasteiger partial charge is 0.256 e. The first-order valence-electron chi connectivity index (χ1n) is 9.05. The maximum atomic E-state index is 12.9.